The van der Waals surface area contributed by atoms with Gasteiger partial charge in [0.1, 0.15) is 5.75 Å². The molecule has 4 aromatic heterocycles. The van der Waals surface area contributed by atoms with Crippen molar-refractivity contribution in [2.45, 2.75) is 64.6 Å². The monoisotopic (exact) mass is 676 g/mol. The molecule has 5 heterocycles. The fourth-order valence-electron chi connectivity index (χ4n) is 7.03. The van der Waals surface area contributed by atoms with Crippen molar-refractivity contribution in [3.63, 3.8) is 0 Å². The van der Waals surface area contributed by atoms with E-state index in [0.29, 0.717) is 53.2 Å². The highest BCUT2D eigenvalue weighted by atomic mass is 16.3. The lowest BCUT2D eigenvalue weighted by atomic mass is 9.89. The van der Waals surface area contributed by atoms with Gasteiger partial charge in [-0.1, -0.05) is 43.5 Å². The number of nitrogens with zero attached hydrogens (tertiary/aromatic N) is 7. The normalized spacial score (nSPS) is 16.1. The number of phenolic OH excluding ortho intramolecular Hbond substituents is 1. The molecule has 5 N–H and O–H groups in total. The molecule has 6 aromatic rings. The van der Waals surface area contributed by atoms with Gasteiger partial charge >= 0.3 is 11.4 Å². The van der Waals surface area contributed by atoms with E-state index in [2.05, 4.69) is 36.9 Å². The average molecular weight is 677 g/mol. The molecule has 2 aliphatic rings. The standard InChI is InChI=1S/C19H23N5O.C18H21N5O2/c20-10-13-6-8-15(9-7-13)16-11-21-17-18(22-16)24(19(25)23-17)12-14-4-2-1-3-5-14;1-22-8-6-12(7-9-22)11-23-17-16(21-18(23)25)19-10-15(20-17)13-2-4-14(24)5-3-13/h6-9,11,14H,1-5,10,12,20H2,(H,21,23,25);2-5,10,12,24H,6-9,11H2,1H3,(H,19,21,25). The topological polar surface area (TPSA) is 177 Å². The van der Waals surface area contributed by atoms with Gasteiger partial charge in [-0.15, -0.1) is 0 Å². The van der Waals surface area contributed by atoms with Gasteiger partial charge < -0.3 is 15.7 Å². The van der Waals surface area contributed by atoms with Crippen LogP contribution in [0.25, 0.3) is 45.1 Å². The van der Waals surface area contributed by atoms with E-state index in [1.807, 2.05) is 24.3 Å². The molecule has 1 saturated heterocycles. The summed E-state index contributed by atoms with van der Waals surface area (Å²) in [5.41, 5.74) is 12.1. The minimum absolute atomic E-state index is 0.115. The van der Waals surface area contributed by atoms with Crippen molar-refractivity contribution in [1.82, 2.24) is 43.9 Å². The molecule has 0 atom stereocenters. The zero-order valence-electron chi connectivity index (χ0n) is 28.4. The first kappa shape index (κ1) is 33.4. The zero-order valence-corrected chi connectivity index (χ0v) is 28.4. The second kappa shape index (κ2) is 14.8. The summed E-state index contributed by atoms with van der Waals surface area (Å²) in [6.45, 7) is 4.03. The number of fused-ring (bicyclic) bond motifs is 2. The molecular formula is C37H44N10O3. The van der Waals surface area contributed by atoms with Gasteiger partial charge in [0.15, 0.2) is 22.6 Å². The van der Waals surface area contributed by atoms with E-state index >= 15 is 0 Å². The largest absolute Gasteiger partial charge is 0.508 e. The average Bonchev–Trinajstić information content (AvgIpc) is 3.63. The Kier molecular flexibility index (Phi) is 9.85. The number of aromatic nitrogens is 8. The molecule has 0 amide bonds. The fourth-order valence-corrected chi connectivity index (χ4v) is 7.03. The lowest BCUT2D eigenvalue weighted by Crippen LogP contribution is -2.33. The van der Waals surface area contributed by atoms with Gasteiger partial charge in [0, 0.05) is 30.8 Å². The molecule has 0 radical (unpaired) electrons. The van der Waals surface area contributed by atoms with Crippen molar-refractivity contribution < 1.29 is 5.11 Å². The Morgan fingerprint density at radius 1 is 0.720 bits per heavy atom. The lowest BCUT2D eigenvalue weighted by Gasteiger charge is -2.28. The highest BCUT2D eigenvalue weighted by molar-refractivity contribution is 5.72. The van der Waals surface area contributed by atoms with Gasteiger partial charge in [0.2, 0.25) is 0 Å². The van der Waals surface area contributed by atoms with Gasteiger partial charge in [0.25, 0.3) is 0 Å². The van der Waals surface area contributed by atoms with Crippen LogP contribution >= 0.6 is 0 Å². The van der Waals surface area contributed by atoms with E-state index < -0.39 is 0 Å². The lowest BCUT2D eigenvalue weighted by molar-refractivity contribution is 0.205. The molecule has 0 spiro atoms. The Morgan fingerprint density at radius 3 is 1.70 bits per heavy atom. The number of phenols is 1. The number of likely N-dealkylation sites (tertiary alicyclic amines) is 1. The third-order valence-electron chi connectivity index (χ3n) is 10.1. The number of hydrogen-bond acceptors (Lipinski definition) is 9. The van der Waals surface area contributed by atoms with Gasteiger partial charge in [-0.2, -0.15) is 0 Å². The summed E-state index contributed by atoms with van der Waals surface area (Å²) < 4.78 is 3.47. The number of nitrogens with two attached hydrogens (primary N) is 1. The summed E-state index contributed by atoms with van der Waals surface area (Å²) in [5.74, 6) is 1.24. The van der Waals surface area contributed by atoms with E-state index in [4.69, 9.17) is 10.7 Å². The van der Waals surface area contributed by atoms with Crippen LogP contribution in [-0.4, -0.2) is 69.2 Å². The summed E-state index contributed by atoms with van der Waals surface area (Å²) >= 11 is 0. The first-order chi connectivity index (χ1) is 24.3. The van der Waals surface area contributed by atoms with Crippen LogP contribution in [0.1, 0.15) is 50.5 Å². The number of aromatic hydroxyl groups is 1. The van der Waals surface area contributed by atoms with E-state index in [1.165, 1.54) is 32.1 Å². The molecule has 260 valence electrons. The Labute approximate surface area is 289 Å². The third kappa shape index (κ3) is 7.38. The molecule has 1 aliphatic heterocycles. The molecule has 13 nitrogen and oxygen atoms in total. The Balaban J connectivity index is 0.000000157. The van der Waals surface area contributed by atoms with Gasteiger partial charge in [-0.05, 0) is 87.5 Å². The van der Waals surface area contributed by atoms with Crippen LogP contribution in [-0.2, 0) is 19.6 Å². The van der Waals surface area contributed by atoms with Crippen molar-refractivity contribution >= 4 is 22.6 Å². The van der Waals surface area contributed by atoms with Crippen molar-refractivity contribution in [2.75, 3.05) is 20.1 Å². The van der Waals surface area contributed by atoms with Crippen molar-refractivity contribution in [3.05, 3.63) is 87.5 Å². The van der Waals surface area contributed by atoms with E-state index in [-0.39, 0.29) is 17.1 Å². The Bertz CT molecular complexity index is 2170. The maximum Gasteiger partial charge on any atom is 0.328 e. The molecule has 8 rings (SSSR count). The summed E-state index contributed by atoms with van der Waals surface area (Å²) in [6.07, 6.45) is 11.7. The van der Waals surface area contributed by atoms with Crippen LogP contribution in [0.15, 0.2) is 70.5 Å². The van der Waals surface area contributed by atoms with Crippen LogP contribution in [0.5, 0.6) is 5.75 Å². The summed E-state index contributed by atoms with van der Waals surface area (Å²) in [7, 11) is 2.13. The number of H-pyrrole nitrogens is 2. The highest BCUT2D eigenvalue weighted by Gasteiger charge is 2.21. The second-order valence-electron chi connectivity index (χ2n) is 13.6. The van der Waals surface area contributed by atoms with Gasteiger partial charge in [-0.25, -0.2) is 29.5 Å². The fraction of sp³-hybridized carbons (Fsp3) is 0.405. The molecule has 1 saturated carbocycles. The number of imidazole rings is 2. The number of piperidine rings is 1. The molecule has 0 unspecified atom stereocenters. The molecule has 2 fully saturated rings. The number of hydrogen-bond donors (Lipinski definition) is 4. The predicted octanol–water partition coefficient (Wildman–Crippen LogP) is 4.66. The van der Waals surface area contributed by atoms with E-state index in [9.17, 15) is 14.7 Å². The molecule has 13 heteroatoms. The Morgan fingerprint density at radius 2 is 1.20 bits per heavy atom. The molecule has 0 bridgehead atoms. The third-order valence-corrected chi connectivity index (χ3v) is 10.1. The zero-order chi connectivity index (χ0) is 34.6. The number of nitrogens with one attached hydrogen (secondary N) is 2. The minimum atomic E-state index is -0.156. The van der Waals surface area contributed by atoms with Crippen LogP contribution in [0.3, 0.4) is 0 Å². The smallest absolute Gasteiger partial charge is 0.328 e. The first-order valence-electron chi connectivity index (χ1n) is 17.5. The summed E-state index contributed by atoms with van der Waals surface area (Å²) in [6, 6.07) is 14.8. The second-order valence-corrected chi connectivity index (χ2v) is 13.6. The van der Waals surface area contributed by atoms with Crippen LogP contribution in [0.2, 0.25) is 0 Å². The Hall–Kier alpha value is -5.14. The number of benzene rings is 2. The first-order valence-corrected chi connectivity index (χ1v) is 17.5. The van der Waals surface area contributed by atoms with Crippen LogP contribution in [0.4, 0.5) is 0 Å². The number of aromatic amines is 2. The highest BCUT2D eigenvalue weighted by Crippen LogP contribution is 2.26. The van der Waals surface area contributed by atoms with Crippen LogP contribution in [0, 0.1) is 11.8 Å². The van der Waals surface area contributed by atoms with E-state index in [0.717, 1.165) is 54.9 Å². The van der Waals surface area contributed by atoms with Gasteiger partial charge in [-0.3, -0.25) is 19.1 Å². The molecule has 50 heavy (non-hydrogen) atoms. The van der Waals surface area contributed by atoms with Crippen molar-refractivity contribution in [1.29, 1.82) is 0 Å². The predicted molar refractivity (Wildman–Crippen MR) is 194 cm³/mol. The maximum absolute atomic E-state index is 12.4. The molecule has 2 aromatic carbocycles. The number of rotatable bonds is 7. The van der Waals surface area contributed by atoms with Crippen molar-refractivity contribution in [3.8, 4) is 28.3 Å². The summed E-state index contributed by atoms with van der Waals surface area (Å²) in [5, 5.41) is 9.43. The quantitative estimate of drug-likeness (QED) is 0.187. The van der Waals surface area contributed by atoms with Crippen molar-refractivity contribution in [2.24, 2.45) is 17.6 Å². The maximum atomic E-state index is 12.4. The summed E-state index contributed by atoms with van der Waals surface area (Å²) in [4.78, 5) is 50.8. The minimum Gasteiger partial charge on any atom is -0.508 e. The molecular weight excluding hydrogens is 632 g/mol. The van der Waals surface area contributed by atoms with Crippen LogP contribution < -0.4 is 17.1 Å². The SMILES string of the molecule is CN1CCC(Cn2c(=O)[nH]c3ncc(-c4ccc(O)cc4)nc32)CC1.NCc1ccc(-c2cnc3[nH]c(=O)n(CC4CCCCC4)c3n2)cc1. The van der Waals surface area contributed by atoms with E-state index in [1.54, 1.807) is 45.8 Å². The molecule has 1 aliphatic carbocycles. The van der Waals surface area contributed by atoms with Gasteiger partial charge in [0.05, 0.1) is 23.8 Å².